The second kappa shape index (κ2) is 9.71. The fourth-order valence-electron chi connectivity index (χ4n) is 2.79. The fourth-order valence-corrected chi connectivity index (χ4v) is 3.66. The topological polar surface area (TPSA) is 90.3 Å². The number of imide groups is 1. The highest BCUT2D eigenvalue weighted by molar-refractivity contribution is 8.18. The third-order valence-corrected chi connectivity index (χ3v) is 5.26. The van der Waals surface area contributed by atoms with Crippen molar-refractivity contribution in [1.82, 2.24) is 10.2 Å². The molecule has 0 radical (unpaired) electrons. The normalized spacial score (nSPS) is 14.9. The minimum Gasteiger partial charge on any atom is -0.354 e. The molecule has 0 saturated carbocycles. The number of hydrogen-bond acceptors (Lipinski definition) is 5. The SMILES string of the molecule is N#Cc1ccc(CCC(=O)NCCN2C(=O)S/C(=C\c3ccccc3)C2=O)cc1. The van der Waals surface area contributed by atoms with Gasteiger partial charge >= 0.3 is 0 Å². The van der Waals surface area contributed by atoms with E-state index in [4.69, 9.17) is 5.26 Å². The molecule has 0 bridgehead atoms. The summed E-state index contributed by atoms with van der Waals surface area (Å²) < 4.78 is 0. The van der Waals surface area contributed by atoms with Crippen molar-refractivity contribution in [1.29, 1.82) is 5.26 Å². The van der Waals surface area contributed by atoms with Gasteiger partial charge in [0.1, 0.15) is 0 Å². The van der Waals surface area contributed by atoms with E-state index in [1.807, 2.05) is 42.5 Å². The fraction of sp³-hybridized carbons (Fsp3) is 0.182. The van der Waals surface area contributed by atoms with E-state index in [9.17, 15) is 14.4 Å². The predicted octanol–water partition coefficient (Wildman–Crippen LogP) is 3.34. The monoisotopic (exact) mass is 405 g/mol. The molecular formula is C22H19N3O3S. The molecule has 146 valence electrons. The number of amides is 3. The number of rotatable bonds is 7. The van der Waals surface area contributed by atoms with Crippen molar-refractivity contribution < 1.29 is 14.4 Å². The van der Waals surface area contributed by atoms with E-state index >= 15 is 0 Å². The molecule has 1 saturated heterocycles. The van der Waals surface area contributed by atoms with Crippen LogP contribution in [0.4, 0.5) is 4.79 Å². The second-order valence-electron chi connectivity index (χ2n) is 6.40. The molecule has 1 heterocycles. The van der Waals surface area contributed by atoms with Gasteiger partial charge in [-0.3, -0.25) is 19.3 Å². The largest absolute Gasteiger partial charge is 0.354 e. The van der Waals surface area contributed by atoms with Crippen molar-refractivity contribution in [3.05, 3.63) is 76.2 Å². The first kappa shape index (κ1) is 20.4. The first-order valence-electron chi connectivity index (χ1n) is 9.13. The number of thioether (sulfide) groups is 1. The Morgan fingerprint density at radius 3 is 2.52 bits per heavy atom. The van der Waals surface area contributed by atoms with E-state index in [0.29, 0.717) is 23.3 Å². The number of benzene rings is 2. The van der Waals surface area contributed by atoms with Crippen LogP contribution in [-0.2, 0) is 16.0 Å². The summed E-state index contributed by atoms with van der Waals surface area (Å²) in [5.74, 6) is -0.489. The summed E-state index contributed by atoms with van der Waals surface area (Å²) in [6.07, 6.45) is 2.54. The third-order valence-electron chi connectivity index (χ3n) is 4.35. The smallest absolute Gasteiger partial charge is 0.293 e. The summed E-state index contributed by atoms with van der Waals surface area (Å²) in [4.78, 5) is 38.1. The van der Waals surface area contributed by atoms with Crippen LogP contribution in [0.2, 0.25) is 0 Å². The molecule has 29 heavy (non-hydrogen) atoms. The molecule has 3 rings (SSSR count). The lowest BCUT2D eigenvalue weighted by molar-refractivity contribution is -0.124. The number of nitriles is 1. The lowest BCUT2D eigenvalue weighted by Gasteiger charge is -2.13. The van der Waals surface area contributed by atoms with E-state index in [0.717, 1.165) is 27.8 Å². The van der Waals surface area contributed by atoms with Crippen LogP contribution in [0.5, 0.6) is 0 Å². The van der Waals surface area contributed by atoms with E-state index in [1.165, 1.54) is 0 Å². The minimum atomic E-state index is -0.337. The van der Waals surface area contributed by atoms with Crippen LogP contribution in [0.3, 0.4) is 0 Å². The quantitative estimate of drug-likeness (QED) is 0.714. The van der Waals surface area contributed by atoms with E-state index in [2.05, 4.69) is 11.4 Å². The molecule has 1 aliphatic heterocycles. The Morgan fingerprint density at radius 2 is 1.83 bits per heavy atom. The van der Waals surface area contributed by atoms with Gasteiger partial charge in [0, 0.05) is 19.5 Å². The number of carbonyl (C=O) groups is 3. The highest BCUT2D eigenvalue weighted by Gasteiger charge is 2.34. The van der Waals surface area contributed by atoms with Crippen LogP contribution in [0, 0.1) is 11.3 Å². The first-order valence-corrected chi connectivity index (χ1v) is 9.94. The molecular weight excluding hydrogens is 386 g/mol. The van der Waals surface area contributed by atoms with Gasteiger partial charge in [0.2, 0.25) is 5.91 Å². The summed E-state index contributed by atoms with van der Waals surface area (Å²) in [5, 5.41) is 11.2. The highest BCUT2D eigenvalue weighted by Crippen LogP contribution is 2.31. The Balaban J connectivity index is 1.45. The summed E-state index contributed by atoms with van der Waals surface area (Å²) in [6.45, 7) is 0.349. The standard InChI is InChI=1S/C22H19N3O3S/c23-15-18-8-6-16(7-9-18)10-11-20(26)24-12-13-25-21(27)19(29-22(25)28)14-17-4-2-1-3-5-17/h1-9,14H,10-13H2,(H,24,26)/b19-14-. The zero-order valence-electron chi connectivity index (χ0n) is 15.6. The molecule has 1 N–H and O–H groups in total. The van der Waals surface area contributed by atoms with Crippen molar-refractivity contribution in [3.63, 3.8) is 0 Å². The van der Waals surface area contributed by atoms with Crippen molar-refractivity contribution >= 4 is 34.9 Å². The number of hydrogen-bond donors (Lipinski definition) is 1. The van der Waals surface area contributed by atoms with Crippen LogP contribution < -0.4 is 5.32 Å². The van der Waals surface area contributed by atoms with Crippen molar-refractivity contribution in [2.75, 3.05) is 13.1 Å². The number of nitrogens with one attached hydrogen (secondary N) is 1. The Labute approximate surface area is 173 Å². The molecule has 0 aliphatic carbocycles. The molecule has 2 aromatic rings. The molecule has 0 spiro atoms. The maximum absolute atomic E-state index is 12.4. The molecule has 0 unspecified atom stereocenters. The van der Waals surface area contributed by atoms with E-state index in [1.54, 1.807) is 18.2 Å². The van der Waals surface area contributed by atoms with Crippen LogP contribution in [0.1, 0.15) is 23.1 Å². The van der Waals surface area contributed by atoms with Gasteiger partial charge in [0.05, 0.1) is 16.5 Å². The molecule has 0 aromatic heterocycles. The minimum absolute atomic E-state index is 0.138. The van der Waals surface area contributed by atoms with Gasteiger partial charge in [-0.05, 0) is 47.5 Å². The van der Waals surface area contributed by atoms with Gasteiger partial charge in [-0.1, -0.05) is 42.5 Å². The average molecular weight is 405 g/mol. The average Bonchev–Trinajstić information content (AvgIpc) is 3.00. The summed E-state index contributed by atoms with van der Waals surface area (Å²) in [5.41, 5.74) is 2.40. The summed E-state index contributed by atoms with van der Waals surface area (Å²) in [6, 6.07) is 18.5. The van der Waals surface area contributed by atoms with Gasteiger partial charge in [-0.25, -0.2) is 0 Å². The number of nitrogens with zero attached hydrogens (tertiary/aromatic N) is 2. The van der Waals surface area contributed by atoms with Gasteiger partial charge in [0.15, 0.2) is 0 Å². The van der Waals surface area contributed by atoms with Crippen molar-refractivity contribution in [2.45, 2.75) is 12.8 Å². The Kier molecular flexibility index (Phi) is 6.82. The highest BCUT2D eigenvalue weighted by atomic mass is 32.2. The van der Waals surface area contributed by atoms with Gasteiger partial charge in [-0.15, -0.1) is 0 Å². The van der Waals surface area contributed by atoms with E-state index < -0.39 is 0 Å². The Morgan fingerprint density at radius 1 is 1.10 bits per heavy atom. The van der Waals surface area contributed by atoms with Crippen LogP contribution in [-0.4, -0.2) is 35.0 Å². The number of aryl methyl sites for hydroxylation is 1. The summed E-state index contributed by atoms with van der Waals surface area (Å²) in [7, 11) is 0. The molecule has 0 atom stereocenters. The van der Waals surface area contributed by atoms with Gasteiger partial charge in [0.25, 0.3) is 11.1 Å². The zero-order valence-corrected chi connectivity index (χ0v) is 16.4. The first-order chi connectivity index (χ1) is 14.1. The third kappa shape index (κ3) is 5.56. The molecule has 7 heteroatoms. The Hall–Kier alpha value is -3.37. The number of carbonyl (C=O) groups excluding carboxylic acids is 3. The van der Waals surface area contributed by atoms with Crippen LogP contribution >= 0.6 is 11.8 Å². The lowest BCUT2D eigenvalue weighted by atomic mass is 10.1. The van der Waals surface area contributed by atoms with E-state index in [-0.39, 0.29) is 30.1 Å². The van der Waals surface area contributed by atoms with Crippen LogP contribution in [0.25, 0.3) is 6.08 Å². The Bertz CT molecular complexity index is 979. The van der Waals surface area contributed by atoms with Crippen molar-refractivity contribution in [2.24, 2.45) is 0 Å². The molecule has 2 aromatic carbocycles. The van der Waals surface area contributed by atoms with Crippen molar-refractivity contribution in [3.8, 4) is 6.07 Å². The van der Waals surface area contributed by atoms with Gasteiger partial charge in [-0.2, -0.15) is 5.26 Å². The predicted molar refractivity (Wildman–Crippen MR) is 112 cm³/mol. The maximum Gasteiger partial charge on any atom is 0.293 e. The summed E-state index contributed by atoms with van der Waals surface area (Å²) >= 11 is 0.909. The molecule has 6 nitrogen and oxygen atoms in total. The maximum atomic E-state index is 12.4. The van der Waals surface area contributed by atoms with Crippen LogP contribution in [0.15, 0.2) is 59.5 Å². The molecule has 1 aliphatic rings. The lowest BCUT2D eigenvalue weighted by Crippen LogP contribution is -2.37. The second-order valence-corrected chi connectivity index (χ2v) is 7.40. The molecule has 1 fully saturated rings. The molecule has 3 amide bonds. The van der Waals surface area contributed by atoms with Gasteiger partial charge < -0.3 is 5.32 Å². The zero-order chi connectivity index (χ0) is 20.6.